The Kier molecular flexibility index (Phi) is 11.8. The molecule has 3 aliphatic heterocycles. The number of halogens is 1. The van der Waals surface area contributed by atoms with Crippen LogP contribution in [0.2, 0.25) is 5.02 Å². The van der Waals surface area contributed by atoms with Crippen LogP contribution in [0, 0.1) is 5.92 Å². The first-order valence-corrected chi connectivity index (χ1v) is 18.5. The number of piperazine rings is 1. The van der Waals surface area contributed by atoms with Crippen molar-refractivity contribution in [2.45, 2.75) is 42.5 Å². The molecule has 304 valence electrons. The van der Waals surface area contributed by atoms with Gasteiger partial charge < -0.3 is 51.3 Å². The first kappa shape index (κ1) is 41.9. The second kappa shape index (κ2) is 16.1. The predicted molar refractivity (Wildman–Crippen MR) is 195 cm³/mol. The Morgan fingerprint density at radius 3 is 2.42 bits per heavy atom. The number of ketones is 1. The average molecular weight is 854 g/mol. The average Bonchev–Trinajstić information content (AvgIpc) is 3.75. The zero-order valence-electron chi connectivity index (χ0n) is 29.5. The van der Waals surface area contributed by atoms with Gasteiger partial charge >= 0.3 is 23.8 Å². The van der Waals surface area contributed by atoms with Crippen LogP contribution < -0.4 is 16.5 Å². The standard InChI is InChI=1S/C31H32ClN9O14S2/c1-30(2,27(50)51)55-38-20(14-10-56-29(33)35-14)16(43)9-13-23(47)39-11-31(28(52)53,57-26(13)39)40-7-8-41(25(49)24(40)48)36-17(44)5-6-34-22(46)19(37-54)12-3-4-15(42)21(45)18(12)32/h3-4,10,13,26,42,45,54H,5-9,11H2,1-2H3,(H2,33,35)(H,34,46)(H,36,44)(H,50,51)(H,52,53)/b37-19+,38-20-/t13-,26-,31-/m1/s1. The summed E-state index contributed by atoms with van der Waals surface area (Å²) in [6.07, 6.45) is -1.01. The number of carboxylic acid groups (broad SMARTS) is 2. The monoisotopic (exact) mass is 853 g/mol. The van der Waals surface area contributed by atoms with E-state index in [9.17, 15) is 64.0 Å². The van der Waals surface area contributed by atoms with Gasteiger partial charge in [0.1, 0.15) is 5.69 Å². The summed E-state index contributed by atoms with van der Waals surface area (Å²) in [5.74, 6) is -11.4. The van der Waals surface area contributed by atoms with E-state index in [-0.39, 0.29) is 29.5 Å². The number of thioether (sulfide) groups is 1. The van der Waals surface area contributed by atoms with Crippen LogP contribution in [0.25, 0.3) is 0 Å². The quantitative estimate of drug-likeness (QED) is 0.0259. The van der Waals surface area contributed by atoms with Crippen molar-refractivity contribution in [2.24, 2.45) is 16.2 Å². The minimum atomic E-state index is -2.16. The molecule has 3 atom stereocenters. The maximum atomic E-state index is 13.5. The molecule has 5 amide bonds. The Hall–Kier alpha value is -6.21. The van der Waals surface area contributed by atoms with E-state index in [0.29, 0.717) is 16.8 Å². The van der Waals surface area contributed by atoms with Crippen LogP contribution in [-0.4, -0.2) is 146 Å². The molecule has 2 aromatic rings. The second-order valence-electron chi connectivity index (χ2n) is 12.9. The van der Waals surface area contributed by atoms with Gasteiger partial charge in [-0.1, -0.05) is 33.7 Å². The Labute approximate surface area is 333 Å². The smallest absolute Gasteiger partial charge is 0.350 e. The van der Waals surface area contributed by atoms with Gasteiger partial charge in [-0.25, -0.2) is 19.6 Å². The fourth-order valence-corrected chi connectivity index (χ4v) is 8.20. The van der Waals surface area contributed by atoms with E-state index < -0.39 is 123 Å². The maximum absolute atomic E-state index is 13.5. The van der Waals surface area contributed by atoms with Gasteiger partial charge in [-0.3, -0.25) is 34.2 Å². The number of hydrazine groups is 1. The molecule has 3 fully saturated rings. The number of carbonyl (C=O) groups is 8. The van der Waals surface area contributed by atoms with Gasteiger partial charge in [-0.2, -0.15) is 0 Å². The molecule has 1 aromatic carbocycles. The molecule has 23 nitrogen and oxygen atoms in total. The number of nitrogens with zero attached hydrogens (tertiary/aromatic N) is 6. The number of nitrogens with one attached hydrogen (secondary N) is 2. The van der Waals surface area contributed by atoms with Crippen molar-refractivity contribution < 1.29 is 68.8 Å². The number of thiazole rings is 1. The number of phenolic OH excluding ortho intramolecular Hbond substituents is 2. The number of aromatic nitrogens is 1. The topological polar surface area (TPSA) is 344 Å². The summed E-state index contributed by atoms with van der Waals surface area (Å²) in [6.45, 7) is 0.650. The summed E-state index contributed by atoms with van der Waals surface area (Å²) in [6, 6.07) is 2.09. The SMILES string of the molecule is CC(C)(O/N=C(\C(=O)C[C@@H]1C(=O)N2C[C@@](C(=O)O)(N3CCN(NC(=O)CCNC(=O)/C(=N/O)c4ccc(O)c(O)c4Cl)C(=O)C3=O)S[C@H]12)c1csc(N)n1)C(=O)O. The number of nitrogens with two attached hydrogens (primary N) is 1. The third kappa shape index (κ3) is 8.06. The molecule has 5 rings (SSSR count). The Balaban J connectivity index is 1.20. The molecular formula is C31H32ClN9O14S2. The number of amides is 5. The van der Waals surface area contributed by atoms with E-state index >= 15 is 0 Å². The normalized spacial score (nSPS) is 21.2. The van der Waals surface area contributed by atoms with Crippen LogP contribution in [0.3, 0.4) is 0 Å². The number of carbonyl (C=O) groups excluding carboxylic acids is 6. The number of oxime groups is 2. The van der Waals surface area contributed by atoms with E-state index in [1.54, 1.807) is 0 Å². The zero-order valence-corrected chi connectivity index (χ0v) is 31.9. The Morgan fingerprint density at radius 2 is 1.81 bits per heavy atom. The molecule has 4 heterocycles. The van der Waals surface area contributed by atoms with E-state index in [0.717, 1.165) is 33.3 Å². The maximum Gasteiger partial charge on any atom is 0.350 e. The van der Waals surface area contributed by atoms with Gasteiger partial charge in [0.25, 0.3) is 5.91 Å². The highest BCUT2D eigenvalue weighted by Gasteiger charge is 2.66. The lowest BCUT2D eigenvalue weighted by atomic mass is 9.90. The van der Waals surface area contributed by atoms with Crippen molar-refractivity contribution in [2.75, 3.05) is 31.9 Å². The van der Waals surface area contributed by atoms with Crippen molar-refractivity contribution in [1.82, 2.24) is 30.5 Å². The molecule has 9 N–H and O–H groups in total. The van der Waals surface area contributed by atoms with Gasteiger partial charge in [-0.05, 0) is 26.0 Å². The fraction of sp³-hybridized carbons (Fsp3) is 0.387. The van der Waals surface area contributed by atoms with Gasteiger partial charge in [0.15, 0.2) is 33.8 Å². The number of β-lactam (4-membered cyclic amide) rings is 1. The van der Waals surface area contributed by atoms with Gasteiger partial charge in [0, 0.05) is 36.9 Å². The molecule has 3 aliphatic rings. The molecule has 0 unspecified atom stereocenters. The molecular weight excluding hydrogens is 822 g/mol. The number of aliphatic carboxylic acids is 2. The summed E-state index contributed by atoms with van der Waals surface area (Å²) in [4.78, 5) is 112. The lowest BCUT2D eigenvalue weighted by molar-refractivity contribution is -0.168. The number of rotatable bonds is 15. The van der Waals surface area contributed by atoms with Crippen molar-refractivity contribution >= 4 is 98.5 Å². The van der Waals surface area contributed by atoms with Crippen molar-refractivity contribution in [1.29, 1.82) is 0 Å². The molecule has 26 heteroatoms. The molecule has 0 aliphatic carbocycles. The van der Waals surface area contributed by atoms with Crippen molar-refractivity contribution in [3.8, 4) is 11.5 Å². The van der Waals surface area contributed by atoms with Crippen LogP contribution in [0.5, 0.6) is 11.5 Å². The summed E-state index contributed by atoms with van der Waals surface area (Å²) >= 11 is 7.54. The summed E-state index contributed by atoms with van der Waals surface area (Å²) in [5.41, 5.74) is 4.65. The highest BCUT2D eigenvalue weighted by atomic mass is 35.5. The Bertz CT molecular complexity index is 2150. The predicted octanol–water partition coefficient (Wildman–Crippen LogP) is -1.27. The molecule has 0 radical (unpaired) electrons. The number of aromatic hydroxyl groups is 2. The minimum absolute atomic E-state index is 0.0479. The zero-order chi connectivity index (χ0) is 42.1. The highest BCUT2D eigenvalue weighted by molar-refractivity contribution is 8.02. The molecule has 0 spiro atoms. The summed E-state index contributed by atoms with van der Waals surface area (Å²) in [5, 5.41) is 57.9. The number of phenols is 2. The van der Waals surface area contributed by atoms with E-state index in [4.69, 9.17) is 22.2 Å². The Morgan fingerprint density at radius 1 is 1.11 bits per heavy atom. The molecule has 0 saturated carbocycles. The van der Waals surface area contributed by atoms with Crippen LogP contribution >= 0.6 is 34.7 Å². The molecule has 0 bridgehead atoms. The van der Waals surface area contributed by atoms with Gasteiger partial charge in [0.05, 0.1) is 29.4 Å². The van der Waals surface area contributed by atoms with Crippen molar-refractivity contribution in [3.05, 3.63) is 33.8 Å². The number of fused-ring (bicyclic) bond motifs is 1. The third-order valence-electron chi connectivity index (χ3n) is 8.82. The van der Waals surface area contributed by atoms with E-state index in [1.165, 1.54) is 19.2 Å². The number of hydrogen-bond acceptors (Lipinski definition) is 18. The number of Topliss-reactive ketones (excluding diaryl/α,β-unsaturated/α-hetero) is 1. The molecule has 57 heavy (non-hydrogen) atoms. The second-order valence-corrected chi connectivity index (χ2v) is 15.6. The number of anilines is 1. The molecule has 1 aromatic heterocycles. The fourth-order valence-electron chi connectivity index (χ4n) is 5.70. The minimum Gasteiger partial charge on any atom is -0.504 e. The first-order chi connectivity index (χ1) is 26.7. The lowest BCUT2D eigenvalue weighted by Gasteiger charge is -2.41. The summed E-state index contributed by atoms with van der Waals surface area (Å²) < 4.78 is 0. The van der Waals surface area contributed by atoms with Crippen LogP contribution in [0.1, 0.15) is 37.9 Å². The molecule has 3 saturated heterocycles. The number of benzene rings is 1. The number of carboxylic acids is 2. The van der Waals surface area contributed by atoms with E-state index in [1.807, 2.05) is 0 Å². The van der Waals surface area contributed by atoms with Gasteiger partial charge in [-0.15, -0.1) is 11.3 Å². The van der Waals surface area contributed by atoms with Gasteiger partial charge in [0.2, 0.25) is 22.3 Å². The number of hydrogen-bond donors (Lipinski definition) is 8. The van der Waals surface area contributed by atoms with Crippen LogP contribution in [0.15, 0.2) is 27.8 Å². The number of nitrogen functional groups attached to an aromatic ring is 1. The van der Waals surface area contributed by atoms with E-state index in [2.05, 4.69) is 26.0 Å². The van der Waals surface area contributed by atoms with Crippen molar-refractivity contribution in [3.63, 3.8) is 0 Å². The lowest BCUT2D eigenvalue weighted by Crippen LogP contribution is -2.67. The summed E-state index contributed by atoms with van der Waals surface area (Å²) in [7, 11) is 0. The largest absolute Gasteiger partial charge is 0.504 e. The third-order valence-corrected chi connectivity index (χ3v) is 11.6. The highest BCUT2D eigenvalue weighted by Crippen LogP contribution is 2.52. The van der Waals surface area contributed by atoms with Crippen LogP contribution in [-0.2, 0) is 43.2 Å². The van der Waals surface area contributed by atoms with Crippen LogP contribution in [0.4, 0.5) is 5.13 Å². The first-order valence-electron chi connectivity index (χ1n) is 16.3.